The molecule has 3 aromatic heterocycles. The van der Waals surface area contributed by atoms with Gasteiger partial charge < -0.3 is 20.1 Å². The first-order valence-electron chi connectivity index (χ1n) is 17.0. The average molecular weight is 667 g/mol. The van der Waals surface area contributed by atoms with E-state index < -0.39 is 12.4 Å². The number of aliphatic hydroxyl groups is 1. The van der Waals surface area contributed by atoms with Crippen LogP contribution in [0.1, 0.15) is 94.3 Å². The quantitative estimate of drug-likeness (QED) is 0.171. The molecule has 1 aliphatic heterocycles. The van der Waals surface area contributed by atoms with E-state index in [1.165, 1.54) is 18.6 Å². The number of amides is 2. The first-order chi connectivity index (χ1) is 23.6. The van der Waals surface area contributed by atoms with Crippen molar-refractivity contribution in [2.24, 2.45) is 0 Å². The molecule has 7 rings (SSSR count). The van der Waals surface area contributed by atoms with Crippen molar-refractivity contribution in [3.8, 4) is 11.4 Å². The Hall–Kier alpha value is -4.97. The third kappa shape index (κ3) is 6.57. The third-order valence-corrected chi connectivity index (χ3v) is 9.60. The van der Waals surface area contributed by atoms with Gasteiger partial charge in [0.1, 0.15) is 23.5 Å². The monoisotopic (exact) mass is 666 g/mol. The number of urea groups is 1. The maximum absolute atomic E-state index is 14.2. The summed E-state index contributed by atoms with van der Waals surface area (Å²) in [6, 6.07) is 17.9. The SMILES string of the molecule is CC1CCCCN1c1nnc2ccc(O[C@@H]3CC[C@H](NC(=O)Nc4cc(C(C)(C)C)nn4-c4ccc(F)c(CO)c4)c4ccccc43)cn12. The predicted molar refractivity (Wildman–Crippen MR) is 186 cm³/mol. The highest BCUT2D eigenvalue weighted by atomic mass is 19.1. The maximum atomic E-state index is 14.2. The fraction of sp³-hybridized carbons (Fsp3) is 0.405. The Labute approximate surface area is 285 Å². The number of anilines is 2. The number of fused-ring (bicyclic) bond motifs is 2. The number of aliphatic hydroxyl groups excluding tert-OH is 1. The van der Waals surface area contributed by atoms with E-state index >= 15 is 0 Å². The van der Waals surface area contributed by atoms with Crippen LogP contribution < -0.4 is 20.3 Å². The van der Waals surface area contributed by atoms with Crippen LogP contribution in [0.5, 0.6) is 5.75 Å². The molecule has 1 unspecified atom stereocenters. The number of piperidine rings is 1. The second-order valence-electron chi connectivity index (χ2n) is 14.1. The molecule has 3 atom stereocenters. The Bertz CT molecular complexity index is 1980. The molecule has 11 nitrogen and oxygen atoms in total. The van der Waals surface area contributed by atoms with Crippen molar-refractivity contribution in [2.75, 3.05) is 16.8 Å². The number of pyridine rings is 1. The molecule has 12 heteroatoms. The van der Waals surface area contributed by atoms with Crippen molar-refractivity contribution < 1.29 is 19.0 Å². The minimum Gasteiger partial charge on any atom is -0.484 e. The van der Waals surface area contributed by atoms with E-state index in [-0.39, 0.29) is 29.2 Å². The number of aromatic nitrogens is 5. The molecule has 0 radical (unpaired) electrons. The predicted octanol–water partition coefficient (Wildman–Crippen LogP) is 7.00. The Morgan fingerprint density at radius 1 is 1.02 bits per heavy atom. The lowest BCUT2D eigenvalue weighted by atomic mass is 9.85. The maximum Gasteiger partial charge on any atom is 0.320 e. The lowest BCUT2D eigenvalue weighted by Crippen LogP contribution is -2.38. The lowest BCUT2D eigenvalue weighted by molar-refractivity contribution is 0.171. The summed E-state index contributed by atoms with van der Waals surface area (Å²) in [6.07, 6.45) is 6.66. The van der Waals surface area contributed by atoms with Gasteiger partial charge >= 0.3 is 6.03 Å². The molecule has 2 aromatic carbocycles. The lowest BCUT2D eigenvalue weighted by Gasteiger charge is -2.33. The van der Waals surface area contributed by atoms with Crippen LogP contribution >= 0.6 is 0 Å². The third-order valence-electron chi connectivity index (χ3n) is 9.60. The Balaban J connectivity index is 1.09. The minimum absolute atomic E-state index is 0.148. The van der Waals surface area contributed by atoms with Gasteiger partial charge in [0.05, 0.1) is 30.2 Å². The largest absolute Gasteiger partial charge is 0.484 e. The van der Waals surface area contributed by atoms with E-state index in [0.29, 0.717) is 30.4 Å². The van der Waals surface area contributed by atoms with Crippen LogP contribution in [0.25, 0.3) is 11.3 Å². The molecule has 0 bridgehead atoms. The number of ether oxygens (including phenoxy) is 1. The highest BCUT2D eigenvalue weighted by Crippen LogP contribution is 2.39. The van der Waals surface area contributed by atoms with E-state index in [9.17, 15) is 14.3 Å². The number of benzene rings is 2. The highest BCUT2D eigenvalue weighted by molar-refractivity contribution is 5.89. The summed E-state index contributed by atoms with van der Waals surface area (Å²) < 4.78 is 24.4. The molecule has 1 saturated heterocycles. The minimum atomic E-state index is -0.504. The summed E-state index contributed by atoms with van der Waals surface area (Å²) in [7, 11) is 0. The highest BCUT2D eigenvalue weighted by Gasteiger charge is 2.31. The summed E-state index contributed by atoms with van der Waals surface area (Å²) in [6.45, 7) is 8.84. The molecule has 49 heavy (non-hydrogen) atoms. The number of carbonyl (C=O) groups excluding carboxylic acids is 1. The molecule has 4 heterocycles. The van der Waals surface area contributed by atoms with E-state index in [2.05, 4.69) is 38.7 Å². The average Bonchev–Trinajstić information content (AvgIpc) is 3.71. The zero-order valence-corrected chi connectivity index (χ0v) is 28.4. The van der Waals surface area contributed by atoms with Gasteiger partial charge in [-0.25, -0.2) is 13.9 Å². The number of halogens is 1. The van der Waals surface area contributed by atoms with Crippen LogP contribution in [0, 0.1) is 5.82 Å². The summed E-state index contributed by atoms with van der Waals surface area (Å²) in [5.41, 5.74) is 3.93. The summed E-state index contributed by atoms with van der Waals surface area (Å²) in [5, 5.41) is 29.4. The molecular formula is C37H43FN8O3. The molecule has 3 N–H and O–H groups in total. The van der Waals surface area contributed by atoms with E-state index in [0.717, 1.165) is 53.6 Å². The molecule has 0 saturated carbocycles. The molecule has 256 valence electrons. The second kappa shape index (κ2) is 13.1. The van der Waals surface area contributed by atoms with Gasteiger partial charge in [-0.3, -0.25) is 9.72 Å². The van der Waals surface area contributed by atoms with Crippen LogP contribution in [0.4, 0.5) is 21.0 Å². The number of nitrogens with zero attached hydrogens (tertiary/aromatic N) is 6. The number of rotatable bonds is 7. The molecule has 0 spiro atoms. The Morgan fingerprint density at radius 3 is 2.61 bits per heavy atom. The van der Waals surface area contributed by atoms with Gasteiger partial charge in [-0.1, -0.05) is 45.0 Å². The fourth-order valence-electron chi connectivity index (χ4n) is 6.87. The first-order valence-corrected chi connectivity index (χ1v) is 17.0. The zero-order valence-electron chi connectivity index (χ0n) is 28.4. The number of hydrogen-bond acceptors (Lipinski definition) is 7. The van der Waals surface area contributed by atoms with Gasteiger partial charge in [-0.05, 0) is 80.5 Å². The fourth-order valence-corrected chi connectivity index (χ4v) is 6.87. The zero-order chi connectivity index (χ0) is 34.3. The number of carbonyl (C=O) groups is 1. The summed E-state index contributed by atoms with van der Waals surface area (Å²) >= 11 is 0. The van der Waals surface area contributed by atoms with Gasteiger partial charge in [-0.15, -0.1) is 10.2 Å². The van der Waals surface area contributed by atoms with Crippen LogP contribution in [0.2, 0.25) is 0 Å². The van der Waals surface area contributed by atoms with Crippen LogP contribution in [0.3, 0.4) is 0 Å². The topological polar surface area (TPSA) is 122 Å². The standard InChI is InChI=1S/C37H43FN8O3/c1-23-9-7-8-18-44(23)36-42-41-33-17-13-26(21-45(33)36)49-31-16-15-30(27-10-5-6-11-28(27)31)39-35(48)40-34-20-32(37(2,3)4)43-46(34)25-12-14-29(38)24(19-25)22-47/h5-6,10-14,17,19-21,23,30-31,47H,7-9,15-16,18,22H2,1-4H3,(H2,39,40,48)/t23?,30-,31+/m0/s1. The van der Waals surface area contributed by atoms with Crippen LogP contribution in [0.15, 0.2) is 66.9 Å². The van der Waals surface area contributed by atoms with Crippen molar-refractivity contribution in [3.63, 3.8) is 0 Å². The van der Waals surface area contributed by atoms with Gasteiger partial charge in [-0.2, -0.15) is 5.10 Å². The summed E-state index contributed by atoms with van der Waals surface area (Å²) in [5.74, 6) is 1.51. The van der Waals surface area contributed by atoms with Crippen molar-refractivity contribution in [1.82, 2.24) is 29.7 Å². The normalized spacial score (nSPS) is 19.5. The Kier molecular flexibility index (Phi) is 8.74. The summed E-state index contributed by atoms with van der Waals surface area (Å²) in [4.78, 5) is 15.9. The molecule has 1 fully saturated rings. The molecule has 1 aliphatic carbocycles. The second-order valence-corrected chi connectivity index (χ2v) is 14.1. The van der Waals surface area contributed by atoms with E-state index in [4.69, 9.17) is 9.84 Å². The van der Waals surface area contributed by atoms with Gasteiger partial charge in [0.15, 0.2) is 5.65 Å². The van der Waals surface area contributed by atoms with Gasteiger partial charge in [0.2, 0.25) is 5.95 Å². The van der Waals surface area contributed by atoms with Crippen molar-refractivity contribution in [1.29, 1.82) is 0 Å². The Morgan fingerprint density at radius 2 is 1.84 bits per heavy atom. The molecule has 5 aromatic rings. The molecule has 2 aliphatic rings. The van der Waals surface area contributed by atoms with Crippen molar-refractivity contribution in [2.45, 2.75) is 90.0 Å². The smallest absolute Gasteiger partial charge is 0.320 e. The van der Waals surface area contributed by atoms with Crippen LogP contribution in [-0.4, -0.2) is 48.1 Å². The van der Waals surface area contributed by atoms with Gasteiger partial charge in [0.25, 0.3) is 0 Å². The van der Waals surface area contributed by atoms with Crippen molar-refractivity contribution >= 4 is 23.4 Å². The van der Waals surface area contributed by atoms with Gasteiger partial charge in [0, 0.05) is 29.6 Å². The number of nitrogens with one attached hydrogen (secondary N) is 2. The van der Waals surface area contributed by atoms with E-state index in [1.54, 1.807) is 10.7 Å². The molecule has 2 amide bonds. The first kappa shape index (κ1) is 32.6. The van der Waals surface area contributed by atoms with E-state index in [1.807, 2.05) is 67.8 Å². The number of hydrogen-bond donors (Lipinski definition) is 3. The molecular weight excluding hydrogens is 623 g/mol. The van der Waals surface area contributed by atoms with Crippen molar-refractivity contribution in [3.05, 3.63) is 95.1 Å². The van der Waals surface area contributed by atoms with Crippen LogP contribution in [-0.2, 0) is 12.0 Å².